The molecular formula is C21H20FN3O. The van der Waals surface area contributed by atoms with Crippen LogP contribution < -0.4 is 5.43 Å². The summed E-state index contributed by atoms with van der Waals surface area (Å²) in [6, 6.07) is 17.5. The van der Waals surface area contributed by atoms with Crippen LogP contribution in [0.3, 0.4) is 0 Å². The van der Waals surface area contributed by atoms with Crippen LogP contribution in [0.25, 0.3) is 5.69 Å². The van der Waals surface area contributed by atoms with Crippen LogP contribution in [0.5, 0.6) is 0 Å². The first kappa shape index (κ1) is 17.6. The lowest BCUT2D eigenvalue weighted by molar-refractivity contribution is 0.0955. The molecule has 0 aliphatic heterocycles. The van der Waals surface area contributed by atoms with Gasteiger partial charge in [0.15, 0.2) is 0 Å². The molecule has 0 saturated carbocycles. The molecular weight excluding hydrogens is 329 g/mol. The molecule has 0 spiro atoms. The molecule has 2 aromatic carbocycles. The highest BCUT2D eigenvalue weighted by molar-refractivity contribution is 6.00. The molecule has 0 unspecified atom stereocenters. The van der Waals surface area contributed by atoms with E-state index in [2.05, 4.69) is 27.2 Å². The van der Waals surface area contributed by atoms with E-state index < -0.39 is 0 Å². The number of benzene rings is 2. The van der Waals surface area contributed by atoms with E-state index in [1.54, 1.807) is 31.2 Å². The van der Waals surface area contributed by atoms with Gasteiger partial charge in [-0.1, -0.05) is 12.1 Å². The second-order valence-corrected chi connectivity index (χ2v) is 6.15. The van der Waals surface area contributed by atoms with Crippen LogP contribution in [0.1, 0.15) is 34.2 Å². The minimum absolute atomic E-state index is 0.312. The molecule has 0 bridgehead atoms. The SMILES string of the molecule is C/C(=N\NC(=O)c1ccc(-n2c(C)ccc2C)cc1)c1cccc(F)c1. The quantitative estimate of drug-likeness (QED) is 0.551. The summed E-state index contributed by atoms with van der Waals surface area (Å²) in [5, 5.41) is 4.06. The summed E-state index contributed by atoms with van der Waals surface area (Å²) < 4.78 is 15.4. The van der Waals surface area contributed by atoms with Crippen molar-refractivity contribution in [2.45, 2.75) is 20.8 Å². The average Bonchev–Trinajstić information content (AvgIpc) is 2.98. The Kier molecular flexibility index (Phi) is 4.98. The lowest BCUT2D eigenvalue weighted by Crippen LogP contribution is -2.19. The second kappa shape index (κ2) is 7.35. The van der Waals surface area contributed by atoms with Gasteiger partial charge >= 0.3 is 0 Å². The first-order chi connectivity index (χ1) is 12.5. The zero-order valence-electron chi connectivity index (χ0n) is 15.0. The van der Waals surface area contributed by atoms with Crippen molar-refractivity contribution in [2.24, 2.45) is 5.10 Å². The Morgan fingerprint density at radius 3 is 2.23 bits per heavy atom. The highest BCUT2D eigenvalue weighted by atomic mass is 19.1. The van der Waals surface area contributed by atoms with Gasteiger partial charge in [0.05, 0.1) is 5.71 Å². The maximum Gasteiger partial charge on any atom is 0.271 e. The van der Waals surface area contributed by atoms with Gasteiger partial charge < -0.3 is 4.57 Å². The Balaban J connectivity index is 1.73. The highest BCUT2D eigenvalue weighted by Gasteiger charge is 2.08. The smallest absolute Gasteiger partial charge is 0.271 e. The molecule has 0 atom stereocenters. The van der Waals surface area contributed by atoms with Crippen molar-refractivity contribution in [3.8, 4) is 5.69 Å². The molecule has 0 aliphatic rings. The predicted molar refractivity (Wildman–Crippen MR) is 101 cm³/mol. The van der Waals surface area contributed by atoms with Gasteiger partial charge in [-0.15, -0.1) is 0 Å². The van der Waals surface area contributed by atoms with Gasteiger partial charge in [-0.2, -0.15) is 5.10 Å². The molecule has 4 nitrogen and oxygen atoms in total. The summed E-state index contributed by atoms with van der Waals surface area (Å²) in [6.45, 7) is 5.80. The number of nitrogens with zero attached hydrogens (tertiary/aromatic N) is 2. The zero-order chi connectivity index (χ0) is 18.7. The lowest BCUT2D eigenvalue weighted by Gasteiger charge is -2.10. The molecule has 0 saturated heterocycles. The van der Waals surface area contributed by atoms with Crippen LogP contribution in [0.2, 0.25) is 0 Å². The van der Waals surface area contributed by atoms with Gasteiger partial charge in [0.2, 0.25) is 0 Å². The molecule has 26 heavy (non-hydrogen) atoms. The number of amides is 1. The minimum atomic E-state index is -0.338. The van der Waals surface area contributed by atoms with Crippen molar-refractivity contribution in [3.05, 3.63) is 89.0 Å². The van der Waals surface area contributed by atoms with E-state index >= 15 is 0 Å². The van der Waals surface area contributed by atoms with Crippen LogP contribution >= 0.6 is 0 Å². The van der Waals surface area contributed by atoms with Gasteiger partial charge in [0.25, 0.3) is 5.91 Å². The Morgan fingerprint density at radius 2 is 1.62 bits per heavy atom. The number of hydrogen-bond donors (Lipinski definition) is 1. The van der Waals surface area contributed by atoms with E-state index in [4.69, 9.17) is 0 Å². The van der Waals surface area contributed by atoms with Gasteiger partial charge in [-0.05, 0) is 69.3 Å². The number of nitrogens with one attached hydrogen (secondary N) is 1. The van der Waals surface area contributed by atoms with Crippen LogP contribution in [0.15, 0.2) is 65.8 Å². The van der Waals surface area contributed by atoms with Crippen molar-refractivity contribution in [3.63, 3.8) is 0 Å². The highest BCUT2D eigenvalue weighted by Crippen LogP contribution is 2.17. The van der Waals surface area contributed by atoms with Gasteiger partial charge in [0.1, 0.15) is 5.82 Å². The maximum atomic E-state index is 13.3. The third-order valence-electron chi connectivity index (χ3n) is 4.23. The van der Waals surface area contributed by atoms with E-state index in [0.717, 1.165) is 17.1 Å². The molecule has 3 rings (SSSR count). The minimum Gasteiger partial charge on any atom is -0.319 e. The molecule has 0 fully saturated rings. The number of halogens is 1. The Labute approximate surface area is 152 Å². The van der Waals surface area contributed by atoms with Gasteiger partial charge in [-0.3, -0.25) is 4.79 Å². The fraction of sp³-hybridized carbons (Fsp3) is 0.143. The Morgan fingerprint density at radius 1 is 0.962 bits per heavy atom. The topological polar surface area (TPSA) is 46.4 Å². The second-order valence-electron chi connectivity index (χ2n) is 6.15. The number of aromatic nitrogens is 1. The summed E-state index contributed by atoms with van der Waals surface area (Å²) >= 11 is 0. The fourth-order valence-corrected chi connectivity index (χ4v) is 2.81. The number of hydrazone groups is 1. The molecule has 1 aromatic heterocycles. The van der Waals surface area contributed by atoms with Crippen molar-refractivity contribution in [1.29, 1.82) is 0 Å². The number of aryl methyl sites for hydroxylation is 2. The van der Waals surface area contributed by atoms with Crippen LogP contribution in [0, 0.1) is 19.7 Å². The Bertz CT molecular complexity index is 952. The van der Waals surface area contributed by atoms with Crippen LogP contribution in [-0.4, -0.2) is 16.2 Å². The summed E-state index contributed by atoms with van der Waals surface area (Å²) in [7, 11) is 0. The number of hydrogen-bond acceptors (Lipinski definition) is 2. The van der Waals surface area contributed by atoms with E-state index in [9.17, 15) is 9.18 Å². The zero-order valence-corrected chi connectivity index (χ0v) is 15.0. The lowest BCUT2D eigenvalue weighted by atomic mass is 10.1. The number of carbonyl (C=O) groups excluding carboxylic acids is 1. The van der Waals surface area contributed by atoms with E-state index in [-0.39, 0.29) is 11.7 Å². The summed E-state index contributed by atoms with van der Waals surface area (Å²) in [6.07, 6.45) is 0. The fourth-order valence-electron chi connectivity index (χ4n) is 2.81. The van der Waals surface area contributed by atoms with E-state index in [0.29, 0.717) is 16.8 Å². The molecule has 3 aromatic rings. The van der Waals surface area contributed by atoms with Crippen LogP contribution in [-0.2, 0) is 0 Å². The first-order valence-corrected chi connectivity index (χ1v) is 8.31. The van der Waals surface area contributed by atoms with E-state index in [1.807, 2.05) is 26.0 Å². The summed E-state index contributed by atoms with van der Waals surface area (Å²) in [4.78, 5) is 12.3. The maximum absolute atomic E-state index is 13.3. The summed E-state index contributed by atoms with van der Waals surface area (Å²) in [5.74, 6) is -0.650. The van der Waals surface area contributed by atoms with Crippen LogP contribution in [0.4, 0.5) is 4.39 Å². The normalized spacial score (nSPS) is 11.5. The summed E-state index contributed by atoms with van der Waals surface area (Å²) in [5.41, 5.74) is 7.45. The average molecular weight is 349 g/mol. The number of rotatable bonds is 4. The molecule has 132 valence electrons. The number of carbonyl (C=O) groups is 1. The predicted octanol–water partition coefficient (Wildman–Crippen LogP) is 4.39. The standard InChI is InChI=1S/C21H20FN3O/c1-14-7-8-15(2)25(14)20-11-9-17(10-12-20)21(26)24-23-16(3)18-5-4-6-19(22)13-18/h4-13H,1-3H3,(H,24,26)/b23-16+. The molecule has 1 N–H and O–H groups in total. The van der Waals surface area contributed by atoms with Gasteiger partial charge in [0, 0.05) is 28.2 Å². The molecule has 0 radical (unpaired) electrons. The third kappa shape index (κ3) is 3.72. The van der Waals surface area contributed by atoms with Crippen molar-refractivity contribution < 1.29 is 9.18 Å². The van der Waals surface area contributed by atoms with Gasteiger partial charge in [-0.25, -0.2) is 9.82 Å². The van der Waals surface area contributed by atoms with Crippen molar-refractivity contribution in [1.82, 2.24) is 9.99 Å². The monoisotopic (exact) mass is 349 g/mol. The Hall–Kier alpha value is -3.21. The van der Waals surface area contributed by atoms with Crippen molar-refractivity contribution >= 4 is 11.6 Å². The first-order valence-electron chi connectivity index (χ1n) is 8.31. The third-order valence-corrected chi connectivity index (χ3v) is 4.23. The molecule has 0 aliphatic carbocycles. The molecule has 5 heteroatoms. The largest absolute Gasteiger partial charge is 0.319 e. The van der Waals surface area contributed by atoms with E-state index in [1.165, 1.54) is 12.1 Å². The van der Waals surface area contributed by atoms with Crippen molar-refractivity contribution in [2.75, 3.05) is 0 Å². The molecule has 1 amide bonds. The molecule has 1 heterocycles.